The van der Waals surface area contributed by atoms with Crippen LogP contribution in [0.4, 0.5) is 4.79 Å². The van der Waals surface area contributed by atoms with Gasteiger partial charge in [0.2, 0.25) is 17.7 Å². The van der Waals surface area contributed by atoms with Crippen LogP contribution in [0.15, 0.2) is 30.3 Å². The molecule has 1 aromatic rings. The minimum Gasteiger partial charge on any atom is -0.444 e. The second kappa shape index (κ2) is 7.55. The molecule has 3 rings (SSSR count). The number of nitrogens with zero attached hydrogens (tertiary/aromatic N) is 2. The number of rotatable bonds is 4. The van der Waals surface area contributed by atoms with Crippen molar-refractivity contribution in [1.29, 1.82) is 0 Å². The molecule has 0 radical (unpaired) electrons. The smallest absolute Gasteiger partial charge is 0.417 e. The summed E-state index contributed by atoms with van der Waals surface area (Å²) in [4.78, 5) is 51.1. The molecule has 1 aromatic carbocycles. The SMILES string of the molecule is NC(=O)[C@H]1CCCN1C(=O)[C@@H]1CCC(=O)N1C(=O)OCc1ccccc1. The molecule has 8 nitrogen and oxygen atoms in total. The molecule has 138 valence electrons. The lowest BCUT2D eigenvalue weighted by atomic mass is 10.1. The summed E-state index contributed by atoms with van der Waals surface area (Å²) in [7, 11) is 0. The van der Waals surface area contributed by atoms with E-state index in [1.54, 1.807) is 12.1 Å². The van der Waals surface area contributed by atoms with Gasteiger partial charge in [-0.1, -0.05) is 30.3 Å². The van der Waals surface area contributed by atoms with Crippen molar-refractivity contribution < 1.29 is 23.9 Å². The van der Waals surface area contributed by atoms with Crippen LogP contribution in [0.5, 0.6) is 0 Å². The standard InChI is InChI=1S/C18H21N3O5/c19-16(23)13-7-4-10-20(13)17(24)14-8-9-15(22)21(14)18(25)26-11-12-5-2-1-3-6-12/h1-3,5-6,13-14H,4,7-11H2,(H2,19,23)/t13-,14+/m1/s1. The van der Waals surface area contributed by atoms with Crippen LogP contribution in [-0.4, -0.2) is 52.2 Å². The molecular weight excluding hydrogens is 338 g/mol. The highest BCUT2D eigenvalue weighted by molar-refractivity contribution is 6.01. The normalized spacial score (nSPS) is 22.5. The highest BCUT2D eigenvalue weighted by Crippen LogP contribution is 2.26. The molecule has 0 aliphatic carbocycles. The van der Waals surface area contributed by atoms with Gasteiger partial charge >= 0.3 is 6.09 Å². The van der Waals surface area contributed by atoms with Crippen molar-refractivity contribution in [1.82, 2.24) is 9.80 Å². The van der Waals surface area contributed by atoms with Crippen LogP contribution < -0.4 is 5.73 Å². The topological polar surface area (TPSA) is 110 Å². The van der Waals surface area contributed by atoms with Gasteiger partial charge in [0.25, 0.3) is 0 Å². The van der Waals surface area contributed by atoms with E-state index >= 15 is 0 Å². The van der Waals surface area contributed by atoms with Gasteiger partial charge in [-0.05, 0) is 24.8 Å². The first-order valence-corrected chi connectivity index (χ1v) is 8.61. The zero-order chi connectivity index (χ0) is 18.7. The number of carbonyl (C=O) groups is 4. The summed E-state index contributed by atoms with van der Waals surface area (Å²) in [5.41, 5.74) is 6.13. The average molecular weight is 359 g/mol. The largest absolute Gasteiger partial charge is 0.444 e. The molecule has 2 N–H and O–H groups in total. The Kier molecular flexibility index (Phi) is 5.20. The predicted molar refractivity (Wildman–Crippen MR) is 90.4 cm³/mol. The maximum atomic E-state index is 12.8. The minimum atomic E-state index is -0.939. The van der Waals surface area contributed by atoms with Crippen LogP contribution in [0.25, 0.3) is 0 Å². The summed E-state index contributed by atoms with van der Waals surface area (Å²) in [6.45, 7) is 0.405. The minimum absolute atomic E-state index is 0.0119. The number of benzene rings is 1. The van der Waals surface area contributed by atoms with Gasteiger partial charge in [-0.2, -0.15) is 0 Å². The number of ether oxygens (including phenoxy) is 1. The fraction of sp³-hybridized carbons (Fsp3) is 0.444. The van der Waals surface area contributed by atoms with E-state index in [-0.39, 0.29) is 19.4 Å². The highest BCUT2D eigenvalue weighted by atomic mass is 16.6. The maximum Gasteiger partial charge on any atom is 0.417 e. The quantitative estimate of drug-likeness (QED) is 0.855. The molecule has 0 saturated carbocycles. The Morgan fingerprint density at radius 1 is 1.12 bits per heavy atom. The van der Waals surface area contributed by atoms with Gasteiger partial charge in [0.05, 0.1) is 0 Å². The number of primary amides is 1. The van der Waals surface area contributed by atoms with Crippen LogP contribution in [-0.2, 0) is 25.7 Å². The molecular formula is C18H21N3O5. The number of hydrogen-bond donors (Lipinski definition) is 1. The Labute approximate surface area is 150 Å². The molecule has 2 aliphatic heterocycles. The van der Waals surface area contributed by atoms with E-state index in [2.05, 4.69) is 0 Å². The number of hydrogen-bond acceptors (Lipinski definition) is 5. The zero-order valence-corrected chi connectivity index (χ0v) is 14.3. The summed E-state index contributed by atoms with van der Waals surface area (Å²) >= 11 is 0. The third-order valence-corrected chi connectivity index (χ3v) is 4.76. The first-order chi connectivity index (χ1) is 12.5. The summed E-state index contributed by atoms with van der Waals surface area (Å²) < 4.78 is 5.20. The molecule has 2 saturated heterocycles. The van der Waals surface area contributed by atoms with E-state index in [0.717, 1.165) is 10.5 Å². The Morgan fingerprint density at radius 2 is 1.85 bits per heavy atom. The monoisotopic (exact) mass is 359 g/mol. The van der Waals surface area contributed by atoms with E-state index in [4.69, 9.17) is 10.5 Å². The van der Waals surface area contributed by atoms with Gasteiger partial charge in [-0.25, -0.2) is 9.69 Å². The number of nitrogens with two attached hydrogens (primary N) is 1. The van der Waals surface area contributed by atoms with Crippen LogP contribution in [0.1, 0.15) is 31.2 Å². The lowest BCUT2D eigenvalue weighted by Gasteiger charge is -2.28. The predicted octanol–water partition coefficient (Wildman–Crippen LogP) is 0.790. The van der Waals surface area contributed by atoms with Gasteiger partial charge in [0.15, 0.2) is 0 Å². The first-order valence-electron chi connectivity index (χ1n) is 8.61. The van der Waals surface area contributed by atoms with Crippen molar-refractivity contribution in [3.05, 3.63) is 35.9 Å². The highest BCUT2D eigenvalue weighted by Gasteiger charge is 2.45. The second-order valence-corrected chi connectivity index (χ2v) is 6.45. The van der Waals surface area contributed by atoms with Crippen molar-refractivity contribution in [2.45, 2.75) is 44.4 Å². The molecule has 2 aliphatic rings. The van der Waals surface area contributed by atoms with Gasteiger partial charge in [-0.3, -0.25) is 14.4 Å². The summed E-state index contributed by atoms with van der Waals surface area (Å²) in [5, 5.41) is 0. The number of carbonyl (C=O) groups excluding carboxylic acids is 4. The molecule has 0 bridgehead atoms. The van der Waals surface area contributed by atoms with Crippen LogP contribution in [0.2, 0.25) is 0 Å². The molecule has 4 amide bonds. The van der Waals surface area contributed by atoms with Crippen molar-refractivity contribution in [3.63, 3.8) is 0 Å². The van der Waals surface area contributed by atoms with Crippen LogP contribution >= 0.6 is 0 Å². The van der Waals surface area contributed by atoms with Crippen LogP contribution in [0, 0.1) is 0 Å². The van der Waals surface area contributed by atoms with E-state index in [1.807, 2.05) is 18.2 Å². The maximum absolute atomic E-state index is 12.8. The Balaban J connectivity index is 1.69. The van der Waals surface area contributed by atoms with Crippen molar-refractivity contribution >= 4 is 23.8 Å². The molecule has 2 fully saturated rings. The zero-order valence-electron chi connectivity index (χ0n) is 14.3. The van der Waals surface area contributed by atoms with E-state index in [0.29, 0.717) is 19.4 Å². The molecule has 26 heavy (non-hydrogen) atoms. The van der Waals surface area contributed by atoms with Gasteiger partial charge in [-0.15, -0.1) is 0 Å². The molecule has 2 heterocycles. The third-order valence-electron chi connectivity index (χ3n) is 4.76. The third kappa shape index (κ3) is 3.54. The lowest BCUT2D eigenvalue weighted by molar-refractivity contribution is -0.143. The molecule has 0 unspecified atom stereocenters. The van der Waals surface area contributed by atoms with E-state index in [1.165, 1.54) is 4.90 Å². The first kappa shape index (κ1) is 17.9. The second-order valence-electron chi connectivity index (χ2n) is 6.45. The fourth-order valence-electron chi connectivity index (χ4n) is 3.45. The molecule has 0 spiro atoms. The molecule has 2 atom stereocenters. The number of imide groups is 1. The number of likely N-dealkylation sites (tertiary alicyclic amines) is 2. The fourth-order valence-corrected chi connectivity index (χ4v) is 3.45. The Morgan fingerprint density at radius 3 is 2.54 bits per heavy atom. The van der Waals surface area contributed by atoms with Gasteiger partial charge in [0, 0.05) is 13.0 Å². The van der Waals surface area contributed by atoms with E-state index < -0.39 is 35.9 Å². The van der Waals surface area contributed by atoms with E-state index in [9.17, 15) is 19.2 Å². The average Bonchev–Trinajstić information content (AvgIpc) is 3.27. The van der Waals surface area contributed by atoms with Crippen LogP contribution in [0.3, 0.4) is 0 Å². The summed E-state index contributed by atoms with van der Waals surface area (Å²) in [5.74, 6) is -1.44. The van der Waals surface area contributed by atoms with Crippen molar-refractivity contribution in [2.75, 3.05) is 6.54 Å². The molecule has 0 aromatic heterocycles. The Bertz CT molecular complexity index is 721. The van der Waals surface area contributed by atoms with Gasteiger partial charge < -0.3 is 15.4 Å². The van der Waals surface area contributed by atoms with Gasteiger partial charge in [0.1, 0.15) is 18.7 Å². The van der Waals surface area contributed by atoms with Crippen molar-refractivity contribution in [3.8, 4) is 0 Å². The summed E-state index contributed by atoms with van der Waals surface area (Å²) in [6.07, 6.45) is 0.634. The molecule has 8 heteroatoms. The lowest BCUT2D eigenvalue weighted by Crippen LogP contribution is -2.53. The van der Waals surface area contributed by atoms with Crippen molar-refractivity contribution in [2.24, 2.45) is 5.73 Å². The summed E-state index contributed by atoms with van der Waals surface area (Å²) in [6, 6.07) is 7.44. The Hall–Kier alpha value is -2.90. The number of amides is 4.